The summed E-state index contributed by atoms with van der Waals surface area (Å²) in [4.78, 5) is 22.6. The summed E-state index contributed by atoms with van der Waals surface area (Å²) in [5.41, 5.74) is 2.58. The molecule has 3 atom stereocenters. The first kappa shape index (κ1) is 16.5. The molecule has 1 aromatic heterocycles. The standard InChI is InChI=1S/C23H23N3O/c1-2-16-6-3-4-8-19(16)23(27)26-15-20(18-7-5-11-24-14-18)22-21(26)17-9-12-25(22)13-10-17/h1,3-8,11,14,17,20-22H,9-10,12-13,15H2. The second-order valence-electron chi connectivity index (χ2n) is 7.89. The third-order valence-corrected chi connectivity index (χ3v) is 6.68. The quantitative estimate of drug-likeness (QED) is 0.776. The number of carbonyl (C=O) groups is 1. The molecule has 2 bridgehead atoms. The number of piperidine rings is 3. The SMILES string of the molecule is C#Cc1ccccc1C(=O)N1CC(c2cccnc2)C2C1C1CCN2CC1. The molecule has 3 unspecified atom stereocenters. The molecule has 0 aliphatic carbocycles. The summed E-state index contributed by atoms with van der Waals surface area (Å²) >= 11 is 0. The van der Waals surface area contributed by atoms with Crippen LogP contribution in [0.3, 0.4) is 0 Å². The number of benzene rings is 1. The normalized spacial score (nSPS) is 31.4. The van der Waals surface area contributed by atoms with E-state index in [1.54, 1.807) is 0 Å². The summed E-state index contributed by atoms with van der Waals surface area (Å²) in [7, 11) is 0. The molecule has 1 aromatic carbocycles. The van der Waals surface area contributed by atoms with Crippen molar-refractivity contribution >= 4 is 5.91 Å². The average Bonchev–Trinajstić information content (AvgIpc) is 3.17. The van der Waals surface area contributed by atoms with Crippen molar-refractivity contribution in [1.29, 1.82) is 0 Å². The number of pyridine rings is 1. The van der Waals surface area contributed by atoms with Crippen molar-refractivity contribution in [3.63, 3.8) is 0 Å². The van der Waals surface area contributed by atoms with Crippen LogP contribution in [0.15, 0.2) is 48.8 Å². The molecule has 1 amide bonds. The molecule has 4 aliphatic rings. The Bertz CT molecular complexity index is 895. The minimum Gasteiger partial charge on any atom is -0.333 e. The minimum absolute atomic E-state index is 0.0821. The van der Waals surface area contributed by atoms with E-state index in [9.17, 15) is 4.79 Å². The van der Waals surface area contributed by atoms with E-state index in [4.69, 9.17) is 6.42 Å². The summed E-state index contributed by atoms with van der Waals surface area (Å²) in [6.07, 6.45) is 11.8. The second kappa shape index (κ2) is 6.51. The molecule has 5 heterocycles. The van der Waals surface area contributed by atoms with E-state index in [-0.39, 0.29) is 11.9 Å². The first-order valence-corrected chi connectivity index (χ1v) is 9.78. The van der Waals surface area contributed by atoms with Gasteiger partial charge in [0, 0.05) is 36.5 Å². The Labute approximate surface area is 160 Å². The topological polar surface area (TPSA) is 36.4 Å². The van der Waals surface area contributed by atoms with Crippen LogP contribution in [0.5, 0.6) is 0 Å². The van der Waals surface area contributed by atoms with E-state index >= 15 is 0 Å². The van der Waals surface area contributed by atoms with Gasteiger partial charge in [-0.2, -0.15) is 0 Å². The van der Waals surface area contributed by atoms with Gasteiger partial charge in [-0.3, -0.25) is 14.7 Å². The monoisotopic (exact) mass is 357 g/mol. The zero-order valence-electron chi connectivity index (χ0n) is 15.3. The van der Waals surface area contributed by atoms with Gasteiger partial charge in [0.1, 0.15) is 0 Å². The fourth-order valence-corrected chi connectivity index (χ4v) is 5.49. The molecule has 2 aromatic rings. The maximum atomic E-state index is 13.5. The van der Waals surface area contributed by atoms with Crippen LogP contribution in [0.25, 0.3) is 0 Å². The highest BCUT2D eigenvalue weighted by Gasteiger charge is 2.54. The Hall–Kier alpha value is -2.64. The predicted octanol–water partition coefficient (Wildman–Crippen LogP) is 2.77. The molecule has 0 saturated carbocycles. The molecule has 136 valence electrons. The highest BCUT2D eigenvalue weighted by atomic mass is 16.2. The zero-order chi connectivity index (χ0) is 18.4. The van der Waals surface area contributed by atoms with Gasteiger partial charge in [0.25, 0.3) is 5.91 Å². The lowest BCUT2D eigenvalue weighted by Crippen LogP contribution is -2.60. The van der Waals surface area contributed by atoms with Crippen LogP contribution in [0.2, 0.25) is 0 Å². The largest absolute Gasteiger partial charge is 0.333 e. The first-order valence-electron chi connectivity index (χ1n) is 9.78. The summed E-state index contributed by atoms with van der Waals surface area (Å²) in [5.74, 6) is 3.66. The van der Waals surface area contributed by atoms with Gasteiger partial charge >= 0.3 is 0 Å². The Balaban J connectivity index is 1.55. The Kier molecular flexibility index (Phi) is 3.98. The van der Waals surface area contributed by atoms with Crippen molar-refractivity contribution in [2.24, 2.45) is 5.92 Å². The summed E-state index contributed by atoms with van der Waals surface area (Å²) in [6, 6.07) is 12.3. The third kappa shape index (κ3) is 2.57. The van der Waals surface area contributed by atoms with E-state index in [1.165, 1.54) is 18.4 Å². The van der Waals surface area contributed by atoms with Crippen molar-refractivity contribution in [3.05, 3.63) is 65.5 Å². The van der Waals surface area contributed by atoms with Gasteiger partial charge in [-0.1, -0.05) is 24.1 Å². The van der Waals surface area contributed by atoms with Gasteiger partial charge in [-0.05, 0) is 55.6 Å². The van der Waals surface area contributed by atoms with Crippen LogP contribution in [-0.2, 0) is 0 Å². The maximum absolute atomic E-state index is 13.5. The first-order chi connectivity index (χ1) is 13.3. The highest BCUT2D eigenvalue weighted by Crippen LogP contribution is 2.46. The molecule has 6 rings (SSSR count). The summed E-state index contributed by atoms with van der Waals surface area (Å²) < 4.78 is 0. The number of amides is 1. The van der Waals surface area contributed by atoms with Crippen molar-refractivity contribution in [3.8, 4) is 12.3 Å². The number of hydrogen-bond donors (Lipinski definition) is 0. The van der Waals surface area contributed by atoms with Crippen LogP contribution in [0, 0.1) is 18.3 Å². The average molecular weight is 357 g/mol. The molecule has 4 fully saturated rings. The van der Waals surface area contributed by atoms with Crippen LogP contribution in [0.1, 0.15) is 40.2 Å². The van der Waals surface area contributed by atoms with Crippen molar-refractivity contribution in [2.75, 3.05) is 19.6 Å². The van der Waals surface area contributed by atoms with E-state index in [2.05, 4.69) is 26.8 Å². The molecule has 4 saturated heterocycles. The maximum Gasteiger partial charge on any atom is 0.255 e. The number of terminal acetylenes is 1. The number of nitrogens with zero attached hydrogens (tertiary/aromatic N) is 3. The predicted molar refractivity (Wildman–Crippen MR) is 104 cm³/mol. The van der Waals surface area contributed by atoms with Gasteiger partial charge in [0.15, 0.2) is 0 Å². The lowest BCUT2D eigenvalue weighted by molar-refractivity contribution is -0.00343. The molecule has 0 radical (unpaired) electrons. The zero-order valence-corrected chi connectivity index (χ0v) is 15.3. The Morgan fingerprint density at radius 2 is 1.93 bits per heavy atom. The van der Waals surface area contributed by atoms with Crippen LogP contribution >= 0.6 is 0 Å². The van der Waals surface area contributed by atoms with Gasteiger partial charge in [-0.15, -0.1) is 6.42 Å². The molecule has 27 heavy (non-hydrogen) atoms. The van der Waals surface area contributed by atoms with Crippen molar-refractivity contribution < 1.29 is 4.79 Å². The van der Waals surface area contributed by atoms with Crippen LogP contribution < -0.4 is 0 Å². The van der Waals surface area contributed by atoms with Gasteiger partial charge in [0.05, 0.1) is 11.6 Å². The lowest BCUT2D eigenvalue weighted by atomic mass is 9.75. The molecule has 0 spiro atoms. The van der Waals surface area contributed by atoms with Crippen LogP contribution in [0.4, 0.5) is 0 Å². The Morgan fingerprint density at radius 1 is 1.11 bits per heavy atom. The lowest BCUT2D eigenvalue weighted by Gasteiger charge is -2.51. The van der Waals surface area contributed by atoms with Crippen molar-refractivity contribution in [1.82, 2.24) is 14.8 Å². The number of carbonyl (C=O) groups excluding carboxylic acids is 1. The fourth-order valence-electron chi connectivity index (χ4n) is 5.49. The van der Waals surface area contributed by atoms with Gasteiger partial charge in [0.2, 0.25) is 0 Å². The molecule has 4 nitrogen and oxygen atoms in total. The number of hydrogen-bond acceptors (Lipinski definition) is 3. The smallest absolute Gasteiger partial charge is 0.255 e. The summed E-state index contributed by atoms with van der Waals surface area (Å²) in [5, 5.41) is 0. The van der Waals surface area contributed by atoms with Gasteiger partial charge < -0.3 is 4.90 Å². The van der Waals surface area contributed by atoms with E-state index in [0.717, 1.165) is 19.6 Å². The molecule has 0 N–H and O–H groups in total. The number of rotatable bonds is 2. The third-order valence-electron chi connectivity index (χ3n) is 6.68. The number of fused-ring (bicyclic) bond motifs is 2. The Morgan fingerprint density at radius 3 is 2.67 bits per heavy atom. The van der Waals surface area contributed by atoms with E-state index in [0.29, 0.717) is 29.0 Å². The van der Waals surface area contributed by atoms with E-state index < -0.39 is 0 Å². The molecular weight excluding hydrogens is 334 g/mol. The number of aromatic nitrogens is 1. The molecule has 4 heteroatoms. The molecular formula is C23H23N3O. The second-order valence-corrected chi connectivity index (χ2v) is 7.89. The summed E-state index contributed by atoms with van der Waals surface area (Å²) in [6.45, 7) is 3.03. The van der Waals surface area contributed by atoms with Crippen molar-refractivity contribution in [2.45, 2.75) is 30.8 Å². The fraction of sp³-hybridized carbons (Fsp3) is 0.391. The van der Waals surface area contributed by atoms with Crippen LogP contribution in [-0.4, -0.2) is 52.4 Å². The van der Waals surface area contributed by atoms with Gasteiger partial charge in [-0.25, -0.2) is 0 Å². The van der Waals surface area contributed by atoms with E-state index in [1.807, 2.05) is 42.7 Å². The molecule has 4 aliphatic heterocycles. The minimum atomic E-state index is 0.0821. The number of likely N-dealkylation sites (tertiary alicyclic amines) is 1. The highest BCUT2D eigenvalue weighted by molar-refractivity contribution is 5.97.